The van der Waals surface area contributed by atoms with E-state index in [-0.39, 0.29) is 37.7 Å². The minimum Gasteiger partial charge on any atom is -0.387 e. The van der Waals surface area contributed by atoms with Gasteiger partial charge in [-0.2, -0.15) is 12.8 Å². The molecule has 0 aliphatic heterocycles. The van der Waals surface area contributed by atoms with E-state index in [0.717, 1.165) is 26.1 Å². The molecule has 0 aliphatic rings. The fourth-order valence-corrected chi connectivity index (χ4v) is 0.306. The Morgan fingerprint density at radius 1 is 0.889 bits per heavy atom. The van der Waals surface area contributed by atoms with Crippen molar-refractivity contribution in [2.45, 2.75) is 12.8 Å². The molecule has 0 saturated heterocycles. The zero-order chi connectivity index (χ0) is 5.54. The van der Waals surface area contributed by atoms with E-state index in [0.29, 0.717) is 0 Å². The Labute approximate surface area is 82.3 Å². The molecule has 0 bridgehead atoms. The summed E-state index contributed by atoms with van der Waals surface area (Å²) in [5, 5.41) is 0. The molecule has 0 atom stereocenters. The third-order valence-corrected chi connectivity index (χ3v) is 0.577. The molecule has 0 amide bonds. The smallest absolute Gasteiger partial charge is 0.387 e. The first-order valence-electron chi connectivity index (χ1n) is 2.58. The predicted octanol–water partition coefficient (Wildman–Crippen LogP) is -4.54. The van der Waals surface area contributed by atoms with Gasteiger partial charge in [0.05, 0.1) is 0 Å². The van der Waals surface area contributed by atoms with Crippen LogP contribution >= 0.6 is 0 Å². The van der Waals surface area contributed by atoms with Crippen LogP contribution in [0.25, 0.3) is 0 Å². The van der Waals surface area contributed by atoms with Crippen LogP contribution in [-0.4, -0.2) is 13.2 Å². The molecular weight excluding hydrogens is 102 g/mol. The molecule has 9 heavy (non-hydrogen) atoms. The molecule has 3 heteroatoms. The van der Waals surface area contributed by atoms with Gasteiger partial charge in [-0.3, -0.25) is 0 Å². The Morgan fingerprint density at radius 2 is 1.22 bits per heavy atom. The topological polar surface area (TPSA) is 9.23 Å². The maximum absolute atomic E-state index is 5.01. The van der Waals surface area contributed by atoms with Gasteiger partial charge < -0.3 is 18.6 Å². The Hall–Kier alpha value is 1.15. The summed E-state index contributed by atoms with van der Waals surface area (Å²) in [5.74, 6) is 0. The van der Waals surface area contributed by atoms with Crippen molar-refractivity contribution in [2.75, 3.05) is 13.2 Å². The zero-order valence-electron chi connectivity index (χ0n) is 6.65. The molecule has 1 nitrogen and oxygen atoms in total. The molecule has 0 aliphatic carbocycles. The summed E-state index contributed by atoms with van der Waals surface area (Å²) in [4.78, 5) is 0. The van der Waals surface area contributed by atoms with Crippen LogP contribution in [0.4, 0.5) is 0 Å². The van der Waals surface area contributed by atoms with Gasteiger partial charge in [0.2, 0.25) is 0 Å². The van der Waals surface area contributed by atoms with Crippen LogP contribution in [0.15, 0.2) is 0 Å². The van der Waals surface area contributed by atoms with Crippen LogP contribution in [0.1, 0.15) is 12.8 Å². The quantitative estimate of drug-likeness (QED) is 0.203. The van der Waals surface area contributed by atoms with Crippen molar-refractivity contribution in [1.29, 1.82) is 0 Å². The van der Waals surface area contributed by atoms with Crippen molar-refractivity contribution in [3.63, 3.8) is 0 Å². The standard InChI is InChI=1S/C6H12O.2Li/c1-3-5-7-6-4-2;;/h1-6H2;;/q-2;2*+1. The van der Waals surface area contributed by atoms with Crippen LogP contribution < -0.4 is 37.7 Å². The molecular formula is C6H12Li2O. The zero-order valence-corrected chi connectivity index (χ0v) is 6.65. The number of ether oxygens (including phenoxy) is 1. The number of rotatable bonds is 4. The first kappa shape index (κ1) is 16.6. The van der Waals surface area contributed by atoms with E-state index in [2.05, 4.69) is 13.8 Å². The van der Waals surface area contributed by atoms with Crippen LogP contribution in [0.5, 0.6) is 0 Å². The van der Waals surface area contributed by atoms with Gasteiger partial charge in [-0.25, -0.2) is 0 Å². The van der Waals surface area contributed by atoms with Crippen molar-refractivity contribution in [3.05, 3.63) is 13.8 Å². The van der Waals surface area contributed by atoms with Gasteiger partial charge in [-0.1, -0.05) is 0 Å². The van der Waals surface area contributed by atoms with E-state index in [1.807, 2.05) is 0 Å². The molecule has 0 unspecified atom stereocenters. The molecule has 0 fully saturated rings. The van der Waals surface area contributed by atoms with Crippen LogP contribution in [0, 0.1) is 13.8 Å². The Bertz CT molecular complexity index is 30.2. The predicted molar refractivity (Wildman–Crippen MR) is 30.8 cm³/mol. The van der Waals surface area contributed by atoms with Crippen molar-refractivity contribution < 1.29 is 42.5 Å². The normalized spacial score (nSPS) is 7.33. The summed E-state index contributed by atoms with van der Waals surface area (Å²) >= 11 is 0. The van der Waals surface area contributed by atoms with Gasteiger partial charge in [-0.15, -0.1) is 0 Å². The van der Waals surface area contributed by atoms with Crippen LogP contribution in [0.2, 0.25) is 0 Å². The molecule has 0 aromatic rings. The van der Waals surface area contributed by atoms with Crippen LogP contribution in [0.3, 0.4) is 0 Å². The monoisotopic (exact) mass is 114 g/mol. The summed E-state index contributed by atoms with van der Waals surface area (Å²) in [6.07, 6.45) is 1.72. The molecule has 44 valence electrons. The summed E-state index contributed by atoms with van der Waals surface area (Å²) in [6, 6.07) is 0. The van der Waals surface area contributed by atoms with E-state index in [9.17, 15) is 0 Å². The van der Waals surface area contributed by atoms with Crippen molar-refractivity contribution in [2.24, 2.45) is 0 Å². The molecule has 0 saturated carbocycles. The van der Waals surface area contributed by atoms with E-state index in [1.54, 1.807) is 0 Å². The Morgan fingerprint density at radius 3 is 1.44 bits per heavy atom. The second kappa shape index (κ2) is 16.1. The fraction of sp³-hybridized carbons (Fsp3) is 0.667. The first-order valence-corrected chi connectivity index (χ1v) is 2.58. The van der Waals surface area contributed by atoms with E-state index in [4.69, 9.17) is 4.74 Å². The first-order chi connectivity index (χ1) is 3.41. The fourth-order valence-electron chi connectivity index (χ4n) is 0.306. The second-order valence-corrected chi connectivity index (χ2v) is 1.32. The summed E-state index contributed by atoms with van der Waals surface area (Å²) < 4.78 is 5.01. The summed E-state index contributed by atoms with van der Waals surface area (Å²) in [7, 11) is 0. The molecule has 0 spiro atoms. The Kier molecular flexibility index (Phi) is 29.7. The second-order valence-electron chi connectivity index (χ2n) is 1.32. The van der Waals surface area contributed by atoms with Gasteiger partial charge in [0, 0.05) is 13.2 Å². The number of hydrogen-bond donors (Lipinski definition) is 0. The summed E-state index contributed by atoms with van der Waals surface area (Å²) in [6.45, 7) is 8.77. The largest absolute Gasteiger partial charge is 1.00 e. The average Bonchev–Trinajstić information content (AvgIpc) is 1.69. The molecule has 0 aromatic carbocycles. The van der Waals surface area contributed by atoms with E-state index >= 15 is 0 Å². The van der Waals surface area contributed by atoms with E-state index < -0.39 is 0 Å². The van der Waals surface area contributed by atoms with Crippen molar-refractivity contribution >= 4 is 0 Å². The number of hydrogen-bond acceptors (Lipinski definition) is 1. The third kappa shape index (κ3) is 17.6. The Balaban J connectivity index is -0.000000180. The van der Waals surface area contributed by atoms with Crippen LogP contribution in [-0.2, 0) is 4.74 Å². The molecule has 0 aromatic heterocycles. The van der Waals surface area contributed by atoms with Gasteiger partial charge in [0.1, 0.15) is 0 Å². The minimum absolute atomic E-state index is 0. The average molecular weight is 114 g/mol. The minimum atomic E-state index is 0. The van der Waals surface area contributed by atoms with Crippen molar-refractivity contribution in [1.82, 2.24) is 0 Å². The maximum atomic E-state index is 5.01. The summed E-state index contributed by atoms with van der Waals surface area (Å²) in [5.41, 5.74) is 0. The van der Waals surface area contributed by atoms with Crippen molar-refractivity contribution in [3.8, 4) is 0 Å². The molecule has 0 radical (unpaired) electrons. The third-order valence-electron chi connectivity index (χ3n) is 0.577. The van der Waals surface area contributed by atoms with E-state index in [1.165, 1.54) is 0 Å². The van der Waals surface area contributed by atoms with Gasteiger partial charge in [-0.05, 0) is 0 Å². The molecule has 0 rings (SSSR count). The molecule has 0 N–H and O–H groups in total. The maximum Gasteiger partial charge on any atom is 1.00 e. The SMILES string of the molecule is [CH2-]CCOCC[CH2-].[Li+].[Li+]. The molecule has 0 heterocycles. The van der Waals surface area contributed by atoms with Gasteiger partial charge in [0.25, 0.3) is 0 Å². The van der Waals surface area contributed by atoms with Gasteiger partial charge >= 0.3 is 37.7 Å². The van der Waals surface area contributed by atoms with Gasteiger partial charge in [0.15, 0.2) is 0 Å².